The molecule has 0 fully saturated rings. The molecule has 4 rings (SSSR count). The summed E-state index contributed by atoms with van der Waals surface area (Å²) in [4.78, 5) is 18.7. The molecule has 0 unspecified atom stereocenters. The van der Waals surface area contributed by atoms with E-state index in [4.69, 9.17) is 9.47 Å². The monoisotopic (exact) mass is 400 g/mol. The lowest BCUT2D eigenvalue weighted by molar-refractivity contribution is -0.117. The molecular weight excluding hydrogens is 380 g/mol. The molecule has 5 nitrogen and oxygen atoms in total. The summed E-state index contributed by atoms with van der Waals surface area (Å²) in [5, 5.41) is 0. The minimum atomic E-state index is -0.0881. The second kappa shape index (κ2) is 8.19. The summed E-state index contributed by atoms with van der Waals surface area (Å²) in [5.74, 6) is 2.14. The van der Waals surface area contributed by atoms with E-state index in [0.717, 1.165) is 45.2 Å². The first-order valence-corrected chi connectivity index (χ1v) is 10.7. The van der Waals surface area contributed by atoms with Gasteiger partial charge in [0.15, 0.2) is 16.3 Å². The molecular formula is C20H20N2O3S2. The van der Waals surface area contributed by atoms with Crippen molar-refractivity contribution in [2.45, 2.75) is 31.2 Å². The zero-order valence-electron chi connectivity index (χ0n) is 15.0. The summed E-state index contributed by atoms with van der Waals surface area (Å²) in [6.07, 6.45) is 1.38. The third kappa shape index (κ3) is 4.04. The highest BCUT2D eigenvalue weighted by atomic mass is 32.2. The highest BCUT2D eigenvalue weighted by Gasteiger charge is 2.17. The van der Waals surface area contributed by atoms with Gasteiger partial charge >= 0.3 is 0 Å². The third-order valence-electron chi connectivity index (χ3n) is 4.17. The standard InChI is InChI=1S/C20H20N2O3S2/c1-2-9-22-15-11-16-17(25-13-24-16)12-18(15)27-20(22)21-19(23)8-10-26-14-6-4-3-5-7-14/h3-7,11-12H,2,8-10,13H2,1H3. The molecule has 0 aliphatic carbocycles. The number of amides is 1. The van der Waals surface area contributed by atoms with Gasteiger partial charge in [-0.2, -0.15) is 4.99 Å². The van der Waals surface area contributed by atoms with Gasteiger partial charge in [-0.15, -0.1) is 11.8 Å². The van der Waals surface area contributed by atoms with Gasteiger partial charge in [0.05, 0.1) is 10.2 Å². The van der Waals surface area contributed by atoms with Crippen LogP contribution in [-0.4, -0.2) is 23.0 Å². The fraction of sp³-hybridized carbons (Fsp3) is 0.300. The van der Waals surface area contributed by atoms with Crippen molar-refractivity contribution in [3.8, 4) is 11.5 Å². The Morgan fingerprint density at radius 3 is 2.78 bits per heavy atom. The van der Waals surface area contributed by atoms with Crippen molar-refractivity contribution in [1.29, 1.82) is 0 Å². The van der Waals surface area contributed by atoms with Gasteiger partial charge in [0.2, 0.25) is 12.7 Å². The van der Waals surface area contributed by atoms with Crippen molar-refractivity contribution in [2.75, 3.05) is 12.5 Å². The number of thiazole rings is 1. The lowest BCUT2D eigenvalue weighted by Crippen LogP contribution is -2.17. The van der Waals surface area contributed by atoms with Gasteiger partial charge in [0, 0.05) is 35.7 Å². The number of ether oxygens (including phenoxy) is 2. The quantitative estimate of drug-likeness (QED) is 0.574. The Morgan fingerprint density at radius 2 is 2.00 bits per heavy atom. The number of rotatable bonds is 6. The number of aryl methyl sites for hydroxylation is 1. The molecule has 140 valence electrons. The van der Waals surface area contributed by atoms with Crippen LogP contribution in [-0.2, 0) is 11.3 Å². The van der Waals surface area contributed by atoms with Gasteiger partial charge in [-0.05, 0) is 18.6 Å². The minimum Gasteiger partial charge on any atom is -0.454 e. The lowest BCUT2D eigenvalue weighted by Gasteiger charge is -2.03. The molecule has 0 N–H and O–H groups in total. The maximum atomic E-state index is 12.4. The van der Waals surface area contributed by atoms with Gasteiger partial charge in [0.1, 0.15) is 0 Å². The molecule has 7 heteroatoms. The Kier molecular flexibility index (Phi) is 5.50. The Labute approximate surface area is 165 Å². The van der Waals surface area contributed by atoms with Gasteiger partial charge in [-0.3, -0.25) is 4.79 Å². The number of carbonyl (C=O) groups is 1. The van der Waals surface area contributed by atoms with E-state index in [1.54, 1.807) is 11.8 Å². The largest absolute Gasteiger partial charge is 0.454 e. The highest BCUT2D eigenvalue weighted by molar-refractivity contribution is 7.99. The highest BCUT2D eigenvalue weighted by Crippen LogP contribution is 2.37. The molecule has 1 amide bonds. The summed E-state index contributed by atoms with van der Waals surface area (Å²) >= 11 is 3.20. The van der Waals surface area contributed by atoms with Crippen molar-refractivity contribution in [1.82, 2.24) is 4.57 Å². The van der Waals surface area contributed by atoms with Crippen LogP contribution in [0.2, 0.25) is 0 Å². The topological polar surface area (TPSA) is 52.8 Å². The fourth-order valence-corrected chi connectivity index (χ4v) is 4.87. The molecule has 0 bridgehead atoms. The molecule has 0 spiro atoms. The summed E-state index contributed by atoms with van der Waals surface area (Å²) < 4.78 is 14.1. The second-order valence-electron chi connectivity index (χ2n) is 6.13. The van der Waals surface area contributed by atoms with Crippen LogP contribution < -0.4 is 14.3 Å². The van der Waals surface area contributed by atoms with Crippen LogP contribution in [0.3, 0.4) is 0 Å². The van der Waals surface area contributed by atoms with Crippen molar-refractivity contribution < 1.29 is 14.3 Å². The number of carbonyl (C=O) groups excluding carboxylic acids is 1. The lowest BCUT2D eigenvalue weighted by atomic mass is 10.3. The first-order valence-electron chi connectivity index (χ1n) is 8.93. The molecule has 1 aliphatic rings. The normalized spacial score (nSPS) is 13.4. The number of nitrogens with zero attached hydrogens (tertiary/aromatic N) is 2. The maximum absolute atomic E-state index is 12.4. The summed E-state index contributed by atoms with van der Waals surface area (Å²) in [5.41, 5.74) is 1.04. The average Bonchev–Trinajstić information content (AvgIpc) is 3.25. The van der Waals surface area contributed by atoms with Crippen LogP contribution in [0.15, 0.2) is 52.4 Å². The first kappa shape index (κ1) is 18.1. The number of thioether (sulfide) groups is 1. The van der Waals surface area contributed by atoms with Crippen LogP contribution >= 0.6 is 23.1 Å². The van der Waals surface area contributed by atoms with Crippen LogP contribution in [0.5, 0.6) is 11.5 Å². The van der Waals surface area contributed by atoms with Crippen LogP contribution in [0.4, 0.5) is 0 Å². The van der Waals surface area contributed by atoms with E-state index < -0.39 is 0 Å². The Morgan fingerprint density at radius 1 is 1.22 bits per heavy atom. The molecule has 2 heterocycles. The zero-order chi connectivity index (χ0) is 18.6. The van der Waals surface area contributed by atoms with E-state index >= 15 is 0 Å². The van der Waals surface area contributed by atoms with E-state index in [0.29, 0.717) is 6.42 Å². The average molecular weight is 401 g/mol. The number of hydrogen-bond acceptors (Lipinski definition) is 5. The molecule has 1 aromatic heterocycles. The van der Waals surface area contributed by atoms with Crippen molar-refractivity contribution in [2.24, 2.45) is 4.99 Å². The summed E-state index contributed by atoms with van der Waals surface area (Å²) in [6, 6.07) is 14.1. The number of benzene rings is 2. The Bertz CT molecular complexity index is 1020. The van der Waals surface area contributed by atoms with E-state index in [1.165, 1.54) is 16.2 Å². The van der Waals surface area contributed by atoms with Crippen molar-refractivity contribution >= 4 is 39.2 Å². The second-order valence-corrected chi connectivity index (χ2v) is 8.30. The number of hydrogen-bond donors (Lipinski definition) is 0. The molecule has 0 saturated carbocycles. The smallest absolute Gasteiger partial charge is 0.249 e. The SMILES string of the molecule is CCCn1c(=NC(=O)CCSc2ccccc2)sc2cc3c(cc21)OCO3. The van der Waals surface area contributed by atoms with E-state index in [1.807, 2.05) is 30.3 Å². The van der Waals surface area contributed by atoms with Crippen molar-refractivity contribution in [3.63, 3.8) is 0 Å². The molecule has 0 radical (unpaired) electrons. The molecule has 1 aliphatic heterocycles. The van der Waals surface area contributed by atoms with Crippen molar-refractivity contribution in [3.05, 3.63) is 47.3 Å². The predicted molar refractivity (Wildman–Crippen MR) is 109 cm³/mol. The number of aromatic nitrogens is 1. The van der Waals surface area contributed by atoms with Gasteiger partial charge < -0.3 is 14.0 Å². The van der Waals surface area contributed by atoms with Crippen LogP contribution in [0.25, 0.3) is 10.2 Å². The number of fused-ring (bicyclic) bond motifs is 2. The summed E-state index contributed by atoms with van der Waals surface area (Å²) in [6.45, 7) is 3.19. The molecule has 0 saturated heterocycles. The van der Waals surface area contributed by atoms with Crippen LogP contribution in [0, 0.1) is 0 Å². The minimum absolute atomic E-state index is 0.0881. The molecule has 2 aromatic carbocycles. The van der Waals surface area contributed by atoms with E-state index in [-0.39, 0.29) is 12.7 Å². The molecule has 27 heavy (non-hydrogen) atoms. The molecule has 3 aromatic rings. The van der Waals surface area contributed by atoms with Gasteiger partial charge in [-0.1, -0.05) is 36.5 Å². The summed E-state index contributed by atoms with van der Waals surface area (Å²) in [7, 11) is 0. The Balaban J connectivity index is 1.56. The fourth-order valence-electron chi connectivity index (χ4n) is 2.92. The predicted octanol–water partition coefficient (Wildman–Crippen LogP) is 4.45. The third-order valence-corrected chi connectivity index (χ3v) is 6.23. The van der Waals surface area contributed by atoms with E-state index in [2.05, 4.69) is 28.6 Å². The first-order chi connectivity index (χ1) is 13.2. The Hall–Kier alpha value is -2.25. The van der Waals surface area contributed by atoms with Crippen LogP contribution in [0.1, 0.15) is 19.8 Å². The molecule has 0 atom stereocenters. The zero-order valence-corrected chi connectivity index (χ0v) is 16.6. The van der Waals surface area contributed by atoms with Gasteiger partial charge in [0.25, 0.3) is 0 Å². The van der Waals surface area contributed by atoms with Gasteiger partial charge in [-0.25, -0.2) is 0 Å². The van der Waals surface area contributed by atoms with E-state index in [9.17, 15) is 4.79 Å². The maximum Gasteiger partial charge on any atom is 0.249 e.